The first kappa shape index (κ1) is 32.3. The summed E-state index contributed by atoms with van der Waals surface area (Å²) < 4.78 is 28.2. The van der Waals surface area contributed by atoms with Crippen molar-refractivity contribution >= 4 is 12.0 Å². The summed E-state index contributed by atoms with van der Waals surface area (Å²) in [6.07, 6.45) is -0.600. The molecule has 3 N–H and O–H groups in total. The van der Waals surface area contributed by atoms with Crippen LogP contribution in [0.5, 0.6) is 11.5 Å². The van der Waals surface area contributed by atoms with Crippen molar-refractivity contribution in [1.29, 1.82) is 0 Å². The van der Waals surface area contributed by atoms with E-state index in [1.165, 1.54) is 0 Å². The fourth-order valence-corrected chi connectivity index (χ4v) is 5.95. The van der Waals surface area contributed by atoms with Crippen LogP contribution in [0.15, 0.2) is 78.9 Å². The molecule has 2 aliphatic rings. The largest absolute Gasteiger partial charge is 0.493 e. The molecular weight excluding hydrogens is 576 g/mol. The van der Waals surface area contributed by atoms with Crippen LogP contribution in [0.2, 0.25) is 0 Å². The summed E-state index contributed by atoms with van der Waals surface area (Å²) in [5.41, 5.74) is 2.79. The lowest BCUT2D eigenvalue weighted by atomic mass is 9.93. The molecule has 2 fully saturated rings. The number of rotatable bonds is 14. The molecule has 2 saturated heterocycles. The number of para-hydroxylation sites is 1. The molecule has 0 aromatic heterocycles. The normalized spacial score (nSPS) is 20.8. The molecule has 45 heavy (non-hydrogen) atoms. The number of hydrogen-bond acceptors (Lipinski definition) is 8. The second-order valence-corrected chi connectivity index (χ2v) is 11.6. The molecule has 10 heteroatoms. The monoisotopic (exact) mass is 618 g/mol. The molecule has 0 bridgehead atoms. The number of carbonyl (C=O) groups excluding carboxylic acids is 2. The van der Waals surface area contributed by atoms with Crippen molar-refractivity contribution in [3.8, 4) is 11.5 Å². The van der Waals surface area contributed by atoms with Gasteiger partial charge in [-0.1, -0.05) is 72.8 Å². The molecule has 3 aromatic rings. The van der Waals surface area contributed by atoms with E-state index < -0.39 is 30.4 Å². The number of aliphatic hydroxyl groups excluding tert-OH is 1. The number of methoxy groups -OCH3 is 1. The minimum atomic E-state index is -1.01. The van der Waals surface area contributed by atoms with Crippen LogP contribution in [0.3, 0.4) is 0 Å². The molecule has 3 aromatic carbocycles. The van der Waals surface area contributed by atoms with Gasteiger partial charge < -0.3 is 39.4 Å². The van der Waals surface area contributed by atoms with E-state index in [0.717, 1.165) is 23.1 Å². The highest BCUT2D eigenvalue weighted by molar-refractivity contribution is 5.78. The summed E-state index contributed by atoms with van der Waals surface area (Å²) in [4.78, 5) is 26.3. The van der Waals surface area contributed by atoms with Gasteiger partial charge in [0.15, 0.2) is 24.4 Å². The lowest BCUT2D eigenvalue weighted by Gasteiger charge is -2.29. The van der Waals surface area contributed by atoms with E-state index in [-0.39, 0.29) is 37.7 Å². The Hall–Kier alpha value is -4.12. The topological polar surface area (TPSA) is 125 Å². The van der Waals surface area contributed by atoms with Crippen molar-refractivity contribution in [3.05, 3.63) is 95.6 Å². The molecule has 0 spiro atoms. The number of aliphatic hydroxyl groups is 1. The first-order valence-electron chi connectivity index (χ1n) is 15.4. The maximum absolute atomic E-state index is 13.2. The Morgan fingerprint density at radius 2 is 1.64 bits per heavy atom. The van der Waals surface area contributed by atoms with E-state index in [4.69, 9.17) is 23.7 Å². The molecule has 240 valence electrons. The maximum atomic E-state index is 13.2. The van der Waals surface area contributed by atoms with Gasteiger partial charge in [-0.25, -0.2) is 4.79 Å². The van der Waals surface area contributed by atoms with Gasteiger partial charge in [-0.15, -0.1) is 0 Å². The number of aryl methyl sites for hydroxylation is 1. The Kier molecular flexibility index (Phi) is 11.3. The summed E-state index contributed by atoms with van der Waals surface area (Å²) in [6, 6.07) is 23.7. The maximum Gasteiger partial charge on any atom is 0.407 e. The van der Waals surface area contributed by atoms with Crippen molar-refractivity contribution in [3.63, 3.8) is 0 Å². The Balaban J connectivity index is 1.27. The predicted octanol–water partition coefficient (Wildman–Crippen LogP) is 3.96. The number of hydrogen-bond donors (Lipinski definition) is 3. The van der Waals surface area contributed by atoms with E-state index >= 15 is 0 Å². The van der Waals surface area contributed by atoms with Crippen LogP contribution in [0, 0.1) is 12.8 Å². The zero-order valence-electron chi connectivity index (χ0n) is 25.7. The van der Waals surface area contributed by atoms with Crippen molar-refractivity contribution < 1.29 is 38.4 Å². The van der Waals surface area contributed by atoms with Crippen molar-refractivity contribution in [2.24, 2.45) is 5.92 Å². The van der Waals surface area contributed by atoms with Gasteiger partial charge in [0.2, 0.25) is 0 Å². The van der Waals surface area contributed by atoms with Crippen LogP contribution in [0.1, 0.15) is 29.5 Å². The number of fused-ring (bicyclic) bond motifs is 1. The first-order valence-corrected chi connectivity index (χ1v) is 15.4. The molecule has 0 radical (unpaired) electrons. The molecule has 2 heterocycles. The van der Waals surface area contributed by atoms with Gasteiger partial charge >= 0.3 is 6.09 Å². The summed E-state index contributed by atoms with van der Waals surface area (Å²) in [5, 5.41) is 17.5. The van der Waals surface area contributed by atoms with Gasteiger partial charge in [0.1, 0.15) is 6.10 Å². The minimum absolute atomic E-state index is 0.000530. The highest BCUT2D eigenvalue weighted by Gasteiger charge is 2.44. The third-order valence-electron chi connectivity index (χ3n) is 8.27. The van der Waals surface area contributed by atoms with Crippen LogP contribution in [0.25, 0.3) is 0 Å². The van der Waals surface area contributed by atoms with Gasteiger partial charge in [-0.05, 0) is 55.4 Å². The second kappa shape index (κ2) is 15.7. The molecular formula is C35H42N2O8. The predicted molar refractivity (Wildman–Crippen MR) is 167 cm³/mol. The third-order valence-corrected chi connectivity index (χ3v) is 8.27. The lowest BCUT2D eigenvalue weighted by molar-refractivity contribution is -0.124. The second-order valence-electron chi connectivity index (χ2n) is 11.6. The number of carbonyl (C=O) groups is 2. The van der Waals surface area contributed by atoms with Crippen LogP contribution in [0.4, 0.5) is 4.79 Å². The molecule has 2 unspecified atom stereocenters. The quantitative estimate of drug-likeness (QED) is 0.248. The van der Waals surface area contributed by atoms with E-state index in [0.29, 0.717) is 30.9 Å². The number of benzene rings is 3. The average molecular weight is 619 g/mol. The number of nitrogens with one attached hydrogen (secondary N) is 2. The van der Waals surface area contributed by atoms with Gasteiger partial charge in [-0.3, -0.25) is 4.79 Å². The average Bonchev–Trinajstić information content (AvgIpc) is 3.66. The molecule has 6 atom stereocenters. The summed E-state index contributed by atoms with van der Waals surface area (Å²) in [6.45, 7) is 2.51. The van der Waals surface area contributed by atoms with Crippen LogP contribution in [-0.4, -0.2) is 74.6 Å². The summed E-state index contributed by atoms with van der Waals surface area (Å²) in [5.74, 6) is 0.708. The van der Waals surface area contributed by atoms with Crippen LogP contribution in [-0.2, 0) is 31.8 Å². The van der Waals surface area contributed by atoms with Crippen molar-refractivity contribution in [1.82, 2.24) is 10.6 Å². The molecule has 0 aliphatic carbocycles. The smallest absolute Gasteiger partial charge is 0.407 e. The van der Waals surface area contributed by atoms with Crippen LogP contribution >= 0.6 is 0 Å². The fraction of sp³-hybridized carbons (Fsp3) is 0.429. The third kappa shape index (κ3) is 8.97. The Morgan fingerprint density at radius 1 is 0.933 bits per heavy atom. The van der Waals surface area contributed by atoms with Crippen molar-refractivity contribution in [2.45, 2.75) is 63.2 Å². The summed E-state index contributed by atoms with van der Waals surface area (Å²) in [7, 11) is 1.55. The number of ether oxygens (including phenoxy) is 5. The highest BCUT2D eigenvalue weighted by atomic mass is 16.7. The van der Waals surface area contributed by atoms with E-state index in [1.807, 2.05) is 79.7 Å². The van der Waals surface area contributed by atoms with E-state index in [9.17, 15) is 14.7 Å². The molecule has 2 aliphatic heterocycles. The standard InChI is InChI=1S/C35H42N2O8/c1-23-10-9-15-30(41-2)33(23)43-22-32(39)36-26(18-24-11-5-3-6-12-24)20-29(38)28(19-25-13-7-4-8-14-25)37-35(40)45-31-21-44-34-27(31)16-17-42-34/h3-15,26-29,31,34,38H,16-22H2,1-2H3,(H,36,39)(H,37,40)/t26-,27?,28-,29-,31-,34?/m0/s1. The number of alkyl carbamates (subject to hydrolysis) is 1. The first-order chi connectivity index (χ1) is 21.9. The molecule has 0 saturated carbocycles. The molecule has 10 nitrogen and oxygen atoms in total. The lowest BCUT2D eigenvalue weighted by Crippen LogP contribution is -2.50. The SMILES string of the molecule is COc1cccc(C)c1OCC(=O)N[C@@H](Cc1ccccc1)C[C@H](O)[C@H](Cc1ccccc1)NC(=O)O[C@H]1COC2OCCC21. The zero-order valence-corrected chi connectivity index (χ0v) is 25.7. The minimum Gasteiger partial charge on any atom is -0.493 e. The van der Waals surface area contributed by atoms with Gasteiger partial charge in [0.05, 0.1) is 38.4 Å². The fourth-order valence-electron chi connectivity index (χ4n) is 5.95. The van der Waals surface area contributed by atoms with Gasteiger partial charge in [0, 0.05) is 6.04 Å². The molecule has 2 amide bonds. The van der Waals surface area contributed by atoms with Crippen LogP contribution < -0.4 is 20.1 Å². The number of amides is 2. The summed E-state index contributed by atoms with van der Waals surface area (Å²) >= 11 is 0. The van der Waals surface area contributed by atoms with Gasteiger partial charge in [0.25, 0.3) is 5.91 Å². The Bertz CT molecular complexity index is 1390. The zero-order chi connectivity index (χ0) is 31.6. The van der Waals surface area contributed by atoms with E-state index in [2.05, 4.69) is 10.6 Å². The Morgan fingerprint density at radius 3 is 2.36 bits per heavy atom. The van der Waals surface area contributed by atoms with Gasteiger partial charge in [-0.2, -0.15) is 0 Å². The van der Waals surface area contributed by atoms with Crippen molar-refractivity contribution in [2.75, 3.05) is 26.9 Å². The molecule has 5 rings (SSSR count). The van der Waals surface area contributed by atoms with E-state index in [1.54, 1.807) is 13.2 Å². The Labute approximate surface area is 264 Å². The highest BCUT2D eigenvalue weighted by Crippen LogP contribution is 2.33.